The molecule has 0 bridgehead atoms. The highest BCUT2D eigenvalue weighted by Gasteiger charge is 2.19. The van der Waals surface area contributed by atoms with E-state index in [1.165, 1.54) is 6.07 Å². The van der Waals surface area contributed by atoms with Crippen LogP contribution in [0.5, 0.6) is 0 Å². The molecule has 1 N–H and O–H groups in total. The molecule has 0 spiro atoms. The minimum atomic E-state index is -1.09. The molecule has 3 aromatic rings. The van der Waals surface area contributed by atoms with Crippen molar-refractivity contribution >= 4 is 33.0 Å². The molecule has 0 aliphatic rings. The first-order valence-electron chi connectivity index (χ1n) is 5.55. The fourth-order valence-corrected chi connectivity index (χ4v) is 2.39. The van der Waals surface area contributed by atoms with E-state index < -0.39 is 5.97 Å². The number of carbonyl (C=O) groups is 1. The molecule has 2 aromatic heterocycles. The number of furan rings is 1. The van der Waals surface area contributed by atoms with E-state index in [-0.39, 0.29) is 5.76 Å². The summed E-state index contributed by atoms with van der Waals surface area (Å²) in [6.07, 6.45) is 0. The molecule has 5 nitrogen and oxygen atoms in total. The fraction of sp³-hybridized carbons (Fsp3) is 0.0769. The van der Waals surface area contributed by atoms with E-state index >= 15 is 0 Å². The summed E-state index contributed by atoms with van der Waals surface area (Å²) >= 11 is 3.44. The van der Waals surface area contributed by atoms with Gasteiger partial charge >= 0.3 is 5.97 Å². The third kappa shape index (κ3) is 1.84. The Bertz CT molecular complexity index is 788. The Morgan fingerprint density at radius 3 is 2.84 bits per heavy atom. The molecule has 0 amide bonds. The lowest BCUT2D eigenvalue weighted by atomic mass is 10.3. The smallest absolute Gasteiger partial charge is 0.371 e. The molecule has 6 heteroatoms. The molecule has 2 heterocycles. The molecule has 0 unspecified atom stereocenters. The van der Waals surface area contributed by atoms with Gasteiger partial charge < -0.3 is 9.52 Å². The number of nitrogens with zero attached hydrogens (tertiary/aromatic N) is 2. The Morgan fingerprint density at radius 2 is 2.16 bits per heavy atom. The Kier molecular flexibility index (Phi) is 2.67. The number of para-hydroxylation sites is 1. The van der Waals surface area contributed by atoms with Gasteiger partial charge in [0, 0.05) is 10.5 Å². The van der Waals surface area contributed by atoms with Crippen molar-refractivity contribution < 1.29 is 14.3 Å². The first kappa shape index (κ1) is 12.0. The van der Waals surface area contributed by atoms with E-state index in [1.807, 2.05) is 31.2 Å². The Balaban J connectivity index is 2.30. The summed E-state index contributed by atoms with van der Waals surface area (Å²) in [7, 11) is 0. The standard InChI is InChI=1S/C13H9BrN2O3/c1-7-8-6-11(13(17)18)19-12(8)16(15-7)10-5-3-2-4-9(10)14/h2-6H,1H3,(H,17,18). The SMILES string of the molecule is Cc1nn(-c2ccccc2Br)c2oc(C(=O)O)cc12. The number of fused-ring (bicyclic) bond motifs is 1. The van der Waals surface area contributed by atoms with Crippen molar-refractivity contribution in [1.29, 1.82) is 0 Å². The highest BCUT2D eigenvalue weighted by atomic mass is 79.9. The number of carboxylic acid groups (broad SMARTS) is 1. The number of hydrogen-bond donors (Lipinski definition) is 1. The number of aromatic nitrogens is 2. The van der Waals surface area contributed by atoms with Gasteiger partial charge in [-0.15, -0.1) is 0 Å². The fourth-order valence-electron chi connectivity index (χ4n) is 1.94. The van der Waals surface area contributed by atoms with E-state index in [0.717, 1.165) is 15.9 Å². The normalized spacial score (nSPS) is 11.1. The van der Waals surface area contributed by atoms with Crippen molar-refractivity contribution in [2.24, 2.45) is 0 Å². The van der Waals surface area contributed by atoms with Crippen molar-refractivity contribution in [3.63, 3.8) is 0 Å². The molecular formula is C13H9BrN2O3. The van der Waals surface area contributed by atoms with E-state index in [0.29, 0.717) is 11.1 Å². The number of hydrogen-bond acceptors (Lipinski definition) is 3. The second-order valence-corrected chi connectivity index (χ2v) is 4.94. The highest BCUT2D eigenvalue weighted by Crippen LogP contribution is 2.28. The first-order chi connectivity index (χ1) is 9.08. The summed E-state index contributed by atoms with van der Waals surface area (Å²) in [5.41, 5.74) is 1.95. The number of rotatable bonds is 2. The number of aromatic carboxylic acids is 1. The van der Waals surface area contributed by atoms with Crippen molar-refractivity contribution in [1.82, 2.24) is 9.78 Å². The molecule has 19 heavy (non-hydrogen) atoms. The third-order valence-electron chi connectivity index (χ3n) is 2.84. The van der Waals surface area contributed by atoms with Crippen molar-refractivity contribution in [3.05, 3.63) is 46.3 Å². The van der Waals surface area contributed by atoms with Crippen molar-refractivity contribution in [3.8, 4) is 5.69 Å². The van der Waals surface area contributed by atoms with Crippen LogP contribution in [-0.4, -0.2) is 20.9 Å². The van der Waals surface area contributed by atoms with E-state index in [4.69, 9.17) is 9.52 Å². The molecule has 0 aliphatic carbocycles. The summed E-state index contributed by atoms with van der Waals surface area (Å²) in [6.45, 7) is 1.82. The molecular weight excluding hydrogens is 312 g/mol. The van der Waals surface area contributed by atoms with Crippen LogP contribution in [0.15, 0.2) is 39.2 Å². The van der Waals surface area contributed by atoms with Gasteiger partial charge in [0.1, 0.15) is 0 Å². The predicted octanol–water partition coefficient (Wildman–Crippen LogP) is 3.39. The highest BCUT2D eigenvalue weighted by molar-refractivity contribution is 9.10. The van der Waals surface area contributed by atoms with Gasteiger partial charge in [0.2, 0.25) is 11.5 Å². The lowest BCUT2D eigenvalue weighted by Gasteiger charge is -2.03. The van der Waals surface area contributed by atoms with Crippen LogP contribution in [-0.2, 0) is 0 Å². The van der Waals surface area contributed by atoms with Crippen LogP contribution in [0.25, 0.3) is 16.8 Å². The Labute approximate surface area is 116 Å². The minimum absolute atomic E-state index is 0.0868. The van der Waals surface area contributed by atoms with Gasteiger partial charge in [-0.1, -0.05) is 12.1 Å². The van der Waals surface area contributed by atoms with Crippen LogP contribution in [0.3, 0.4) is 0 Å². The maximum absolute atomic E-state index is 11.0. The average molecular weight is 321 g/mol. The van der Waals surface area contributed by atoms with Crippen LogP contribution in [0.1, 0.15) is 16.2 Å². The summed E-state index contributed by atoms with van der Waals surface area (Å²) in [4.78, 5) is 11.0. The Hall–Kier alpha value is -2.08. The van der Waals surface area contributed by atoms with Gasteiger partial charge in [0.25, 0.3) is 0 Å². The summed E-state index contributed by atoms with van der Waals surface area (Å²) < 4.78 is 7.82. The van der Waals surface area contributed by atoms with Crippen molar-refractivity contribution in [2.45, 2.75) is 6.92 Å². The second-order valence-electron chi connectivity index (χ2n) is 4.08. The van der Waals surface area contributed by atoms with E-state index in [9.17, 15) is 4.79 Å². The van der Waals surface area contributed by atoms with Gasteiger partial charge in [-0.2, -0.15) is 9.78 Å². The average Bonchev–Trinajstić information content (AvgIpc) is 2.92. The number of aryl methyl sites for hydroxylation is 1. The maximum atomic E-state index is 11.0. The zero-order chi connectivity index (χ0) is 13.6. The zero-order valence-corrected chi connectivity index (χ0v) is 11.5. The summed E-state index contributed by atoms with van der Waals surface area (Å²) in [6, 6.07) is 9.03. The lowest BCUT2D eigenvalue weighted by molar-refractivity contribution is 0.0664. The molecule has 0 aliphatic heterocycles. The molecule has 1 aromatic carbocycles. The largest absolute Gasteiger partial charge is 0.475 e. The van der Waals surface area contributed by atoms with Gasteiger partial charge in [-0.05, 0) is 35.0 Å². The van der Waals surface area contributed by atoms with Crippen LogP contribution in [0.4, 0.5) is 0 Å². The molecule has 0 saturated heterocycles. The predicted molar refractivity (Wildman–Crippen MR) is 72.7 cm³/mol. The molecule has 0 saturated carbocycles. The maximum Gasteiger partial charge on any atom is 0.371 e. The van der Waals surface area contributed by atoms with Crippen LogP contribution >= 0.6 is 15.9 Å². The van der Waals surface area contributed by atoms with Crippen LogP contribution < -0.4 is 0 Å². The van der Waals surface area contributed by atoms with Gasteiger partial charge in [-0.25, -0.2) is 4.79 Å². The summed E-state index contributed by atoms with van der Waals surface area (Å²) in [5.74, 6) is -1.18. The number of carboxylic acids is 1. The zero-order valence-electron chi connectivity index (χ0n) is 9.92. The molecule has 0 fully saturated rings. The van der Waals surface area contributed by atoms with Gasteiger partial charge in [-0.3, -0.25) is 0 Å². The first-order valence-corrected chi connectivity index (χ1v) is 6.34. The number of halogens is 1. The molecule has 0 radical (unpaired) electrons. The molecule has 96 valence electrons. The topological polar surface area (TPSA) is 68.3 Å². The Morgan fingerprint density at radius 1 is 1.42 bits per heavy atom. The van der Waals surface area contributed by atoms with Crippen LogP contribution in [0, 0.1) is 6.92 Å². The van der Waals surface area contributed by atoms with E-state index in [1.54, 1.807) is 4.68 Å². The lowest BCUT2D eigenvalue weighted by Crippen LogP contribution is -1.98. The van der Waals surface area contributed by atoms with Crippen molar-refractivity contribution in [2.75, 3.05) is 0 Å². The van der Waals surface area contributed by atoms with Crippen LogP contribution in [0.2, 0.25) is 0 Å². The monoisotopic (exact) mass is 320 g/mol. The van der Waals surface area contributed by atoms with E-state index in [2.05, 4.69) is 21.0 Å². The number of benzene rings is 1. The second kappa shape index (κ2) is 4.24. The third-order valence-corrected chi connectivity index (χ3v) is 3.51. The van der Waals surface area contributed by atoms with Gasteiger partial charge in [0.15, 0.2) is 0 Å². The quantitative estimate of drug-likeness (QED) is 0.785. The van der Waals surface area contributed by atoms with Gasteiger partial charge in [0.05, 0.1) is 16.8 Å². The molecule has 0 atom stereocenters. The minimum Gasteiger partial charge on any atom is -0.475 e. The molecule has 3 rings (SSSR count). The summed E-state index contributed by atoms with van der Waals surface area (Å²) in [5, 5.41) is 14.1.